The summed E-state index contributed by atoms with van der Waals surface area (Å²) in [6.07, 6.45) is 3.58. The van der Waals surface area contributed by atoms with Crippen LogP contribution in [0, 0.1) is 12.3 Å². The first kappa shape index (κ1) is 11.7. The van der Waals surface area contributed by atoms with Crippen LogP contribution < -0.4 is 5.32 Å². The van der Waals surface area contributed by atoms with Crippen molar-refractivity contribution in [1.29, 1.82) is 0 Å². The molecule has 1 aromatic heterocycles. The number of anilines is 1. The number of aromatic nitrogens is 2. The third-order valence-electron chi connectivity index (χ3n) is 4.58. The Kier molecular flexibility index (Phi) is 2.47. The summed E-state index contributed by atoms with van der Waals surface area (Å²) in [4.78, 5) is 12.4. The Morgan fingerprint density at radius 1 is 1.33 bits per heavy atom. The monoisotopic (exact) mass is 251 g/mol. The maximum Gasteiger partial charge on any atom is 0.231 e. The molecule has 2 bridgehead atoms. The van der Waals surface area contributed by atoms with E-state index in [2.05, 4.69) is 15.5 Å². The number of amides is 1. The molecule has 4 rings (SSSR count). The number of nitrogens with one attached hydrogen (secondary N) is 2. The second-order valence-corrected chi connectivity index (χ2v) is 5.82. The second-order valence-electron chi connectivity index (χ2n) is 5.82. The molecule has 0 aliphatic heterocycles. The Morgan fingerprint density at radius 3 is 2.44 bits per heavy atom. The van der Waals surface area contributed by atoms with Crippen molar-refractivity contribution in [1.82, 2.24) is 10.2 Å². The van der Waals surface area contributed by atoms with Crippen LogP contribution in [0.4, 0.5) is 10.2 Å². The normalized spacial score (nSPS) is 34.6. The number of H-pyrrole nitrogens is 1. The molecule has 3 aliphatic carbocycles. The van der Waals surface area contributed by atoms with E-state index in [1.54, 1.807) is 6.07 Å². The molecule has 2 N–H and O–H groups in total. The van der Waals surface area contributed by atoms with E-state index < -0.39 is 5.67 Å². The smallest absolute Gasteiger partial charge is 0.231 e. The molecule has 3 saturated carbocycles. The lowest BCUT2D eigenvalue weighted by Gasteiger charge is -2.48. The fraction of sp³-hybridized carbons (Fsp3) is 0.692. The molecule has 0 atom stereocenters. The number of aryl methyl sites for hydroxylation is 1. The van der Waals surface area contributed by atoms with Crippen LogP contribution in [-0.4, -0.2) is 21.8 Å². The minimum absolute atomic E-state index is 0.00995. The summed E-state index contributed by atoms with van der Waals surface area (Å²) in [6.45, 7) is 1.89. The van der Waals surface area contributed by atoms with Crippen molar-refractivity contribution in [2.45, 2.75) is 51.1 Å². The summed E-state index contributed by atoms with van der Waals surface area (Å²) >= 11 is 0. The zero-order chi connectivity index (χ0) is 12.8. The van der Waals surface area contributed by atoms with E-state index in [1.165, 1.54) is 0 Å². The predicted molar refractivity (Wildman–Crippen MR) is 65.9 cm³/mol. The molecule has 0 unspecified atom stereocenters. The van der Waals surface area contributed by atoms with Crippen LogP contribution in [0.1, 0.15) is 44.2 Å². The van der Waals surface area contributed by atoms with Gasteiger partial charge < -0.3 is 5.32 Å². The Labute approximate surface area is 105 Å². The summed E-state index contributed by atoms with van der Waals surface area (Å²) in [5.41, 5.74) is -0.441. The van der Waals surface area contributed by atoms with E-state index in [0.717, 1.165) is 5.69 Å². The number of halogens is 1. The molecule has 3 fully saturated rings. The van der Waals surface area contributed by atoms with Gasteiger partial charge in [-0.1, -0.05) is 0 Å². The first-order valence-corrected chi connectivity index (χ1v) is 6.54. The van der Waals surface area contributed by atoms with Gasteiger partial charge in [-0.25, -0.2) is 4.39 Å². The number of aromatic amines is 1. The molecule has 1 aromatic rings. The van der Waals surface area contributed by atoms with Crippen LogP contribution in [-0.2, 0) is 4.79 Å². The first-order chi connectivity index (χ1) is 8.51. The number of alkyl halides is 1. The molecule has 0 spiro atoms. The molecular weight excluding hydrogens is 233 g/mol. The van der Waals surface area contributed by atoms with E-state index in [4.69, 9.17) is 0 Å². The van der Waals surface area contributed by atoms with Crippen molar-refractivity contribution in [2.75, 3.05) is 5.32 Å². The van der Waals surface area contributed by atoms with Gasteiger partial charge in [0.05, 0.1) is 0 Å². The molecule has 3 aliphatic rings. The minimum atomic E-state index is -0.995. The summed E-state index contributed by atoms with van der Waals surface area (Å²) in [6, 6.07) is 1.81. The first-order valence-electron chi connectivity index (χ1n) is 6.54. The fourth-order valence-corrected chi connectivity index (χ4v) is 3.21. The van der Waals surface area contributed by atoms with Crippen molar-refractivity contribution in [3.8, 4) is 0 Å². The zero-order valence-electron chi connectivity index (χ0n) is 10.6. The molecule has 0 saturated heterocycles. The van der Waals surface area contributed by atoms with Crippen molar-refractivity contribution in [2.24, 2.45) is 5.41 Å². The lowest BCUT2D eigenvalue weighted by atomic mass is 9.59. The van der Waals surface area contributed by atoms with E-state index in [0.29, 0.717) is 44.3 Å². The number of carbonyl (C=O) groups is 1. The van der Waals surface area contributed by atoms with Gasteiger partial charge in [0.1, 0.15) is 5.67 Å². The Bertz CT molecular complexity index is 458. The Morgan fingerprint density at radius 2 is 1.94 bits per heavy atom. The molecule has 5 heteroatoms. The van der Waals surface area contributed by atoms with Gasteiger partial charge in [-0.05, 0) is 45.4 Å². The van der Waals surface area contributed by atoms with Gasteiger partial charge in [-0.3, -0.25) is 9.89 Å². The molecule has 4 nitrogen and oxygen atoms in total. The predicted octanol–water partition coefficient (Wildman–Crippen LogP) is 2.72. The standard InChI is InChI=1S/C13H18FN3O/c1-9-8-10(17-16-9)15-11(18)12-2-5-13(14,6-3-12)7-4-12/h8H,2-7H2,1H3,(H2,15,16,17,18). The van der Waals surface area contributed by atoms with Gasteiger partial charge in [0.2, 0.25) is 5.91 Å². The van der Waals surface area contributed by atoms with E-state index in [-0.39, 0.29) is 11.3 Å². The summed E-state index contributed by atoms with van der Waals surface area (Å²) in [5, 5.41) is 9.67. The molecular formula is C13H18FN3O. The summed E-state index contributed by atoms with van der Waals surface area (Å²) in [5.74, 6) is 0.574. The lowest BCUT2D eigenvalue weighted by molar-refractivity contribution is -0.135. The SMILES string of the molecule is Cc1cc(NC(=O)C23CCC(F)(CC2)CC3)n[nH]1. The van der Waals surface area contributed by atoms with Crippen LogP contribution in [0.3, 0.4) is 0 Å². The van der Waals surface area contributed by atoms with Gasteiger partial charge in [0.15, 0.2) is 5.82 Å². The highest BCUT2D eigenvalue weighted by Gasteiger charge is 2.52. The Balaban J connectivity index is 1.73. The maximum absolute atomic E-state index is 14.1. The largest absolute Gasteiger partial charge is 0.309 e. The van der Waals surface area contributed by atoms with E-state index in [1.807, 2.05) is 6.92 Å². The zero-order valence-corrected chi connectivity index (χ0v) is 10.6. The number of carbonyl (C=O) groups excluding carboxylic acids is 1. The number of hydrogen-bond acceptors (Lipinski definition) is 2. The average Bonchev–Trinajstić information content (AvgIpc) is 2.76. The molecule has 0 radical (unpaired) electrons. The quantitative estimate of drug-likeness (QED) is 0.849. The van der Waals surface area contributed by atoms with Gasteiger partial charge in [0, 0.05) is 17.2 Å². The topological polar surface area (TPSA) is 57.8 Å². The van der Waals surface area contributed by atoms with Crippen molar-refractivity contribution >= 4 is 11.7 Å². The van der Waals surface area contributed by atoms with Crippen molar-refractivity contribution < 1.29 is 9.18 Å². The maximum atomic E-state index is 14.1. The van der Waals surface area contributed by atoms with Crippen LogP contribution >= 0.6 is 0 Å². The summed E-state index contributed by atoms with van der Waals surface area (Å²) < 4.78 is 14.1. The minimum Gasteiger partial charge on any atom is -0.309 e. The van der Waals surface area contributed by atoms with Gasteiger partial charge >= 0.3 is 0 Å². The van der Waals surface area contributed by atoms with Gasteiger partial charge in [-0.15, -0.1) is 0 Å². The van der Waals surface area contributed by atoms with Crippen LogP contribution in [0.5, 0.6) is 0 Å². The highest BCUT2D eigenvalue weighted by atomic mass is 19.1. The molecule has 0 aromatic carbocycles. The van der Waals surface area contributed by atoms with Crippen LogP contribution in [0.15, 0.2) is 6.07 Å². The second kappa shape index (κ2) is 3.80. The average molecular weight is 251 g/mol. The van der Waals surface area contributed by atoms with Gasteiger partial charge in [-0.2, -0.15) is 5.10 Å². The lowest BCUT2D eigenvalue weighted by Crippen LogP contribution is -2.49. The van der Waals surface area contributed by atoms with Crippen molar-refractivity contribution in [3.63, 3.8) is 0 Å². The molecule has 1 amide bonds. The highest BCUT2D eigenvalue weighted by Crippen LogP contribution is 2.54. The molecule has 18 heavy (non-hydrogen) atoms. The van der Waals surface area contributed by atoms with Crippen molar-refractivity contribution in [3.05, 3.63) is 11.8 Å². The Hall–Kier alpha value is -1.39. The third-order valence-corrected chi connectivity index (χ3v) is 4.58. The number of nitrogens with zero attached hydrogens (tertiary/aromatic N) is 1. The molecule has 98 valence electrons. The van der Waals surface area contributed by atoms with Crippen LogP contribution in [0.25, 0.3) is 0 Å². The number of hydrogen-bond donors (Lipinski definition) is 2. The van der Waals surface area contributed by atoms with E-state index >= 15 is 0 Å². The third kappa shape index (κ3) is 1.82. The van der Waals surface area contributed by atoms with E-state index in [9.17, 15) is 9.18 Å². The summed E-state index contributed by atoms with van der Waals surface area (Å²) in [7, 11) is 0. The molecule has 1 heterocycles. The number of rotatable bonds is 2. The van der Waals surface area contributed by atoms with Crippen LogP contribution in [0.2, 0.25) is 0 Å². The van der Waals surface area contributed by atoms with Gasteiger partial charge in [0.25, 0.3) is 0 Å². The fourth-order valence-electron chi connectivity index (χ4n) is 3.21. The number of fused-ring (bicyclic) bond motifs is 3. The highest BCUT2D eigenvalue weighted by molar-refractivity contribution is 5.94.